The zero-order chi connectivity index (χ0) is 14.8. The predicted octanol–water partition coefficient (Wildman–Crippen LogP) is 2.43. The van der Waals surface area contributed by atoms with E-state index in [2.05, 4.69) is 20.9 Å². The van der Waals surface area contributed by atoms with Crippen LogP contribution in [0, 0.1) is 12.8 Å². The van der Waals surface area contributed by atoms with E-state index in [1.54, 1.807) is 0 Å². The molecular formula is C16H24Cl2N4O. The Bertz CT molecular complexity index is 659. The Hall–Kier alpha value is -1.30. The number of nitrogens with one attached hydrogen (secondary N) is 1. The third-order valence-electron chi connectivity index (χ3n) is 4.32. The Morgan fingerprint density at radius 2 is 2.09 bits per heavy atom. The van der Waals surface area contributed by atoms with E-state index in [0.717, 1.165) is 42.7 Å². The van der Waals surface area contributed by atoms with Crippen LogP contribution >= 0.6 is 24.8 Å². The second kappa shape index (κ2) is 8.52. The molecule has 1 saturated carbocycles. The highest BCUT2D eigenvalue weighted by Gasteiger charge is 2.27. The molecule has 1 aromatic heterocycles. The summed E-state index contributed by atoms with van der Waals surface area (Å²) in [5, 5.41) is 3.03. The number of imidazole rings is 1. The standard InChI is InChI=1S/C16H22N4O.2ClH/c1-11-19-14-4-2-3-5-15(14)20(11)9-8-18-16(21)12-6-7-13(17)10-12;;/h2-5,12-13H,6-10,17H2,1H3,(H,18,21);2*1H. The Balaban J connectivity index is 0.00000132. The van der Waals surface area contributed by atoms with Crippen LogP contribution in [0.3, 0.4) is 0 Å². The summed E-state index contributed by atoms with van der Waals surface area (Å²) in [4.78, 5) is 16.6. The number of amides is 1. The summed E-state index contributed by atoms with van der Waals surface area (Å²) in [6.45, 7) is 3.38. The molecule has 23 heavy (non-hydrogen) atoms. The van der Waals surface area contributed by atoms with Crippen LogP contribution in [0.4, 0.5) is 0 Å². The van der Waals surface area contributed by atoms with Crippen molar-refractivity contribution >= 4 is 41.8 Å². The smallest absolute Gasteiger partial charge is 0.223 e. The molecule has 1 heterocycles. The summed E-state index contributed by atoms with van der Waals surface area (Å²) in [6.07, 6.45) is 2.70. The highest BCUT2D eigenvalue weighted by Crippen LogP contribution is 2.24. The van der Waals surface area contributed by atoms with Crippen LogP contribution in [-0.4, -0.2) is 28.0 Å². The first-order valence-corrected chi connectivity index (χ1v) is 7.60. The second-order valence-electron chi connectivity index (χ2n) is 5.86. The number of fused-ring (bicyclic) bond motifs is 1. The fraction of sp³-hybridized carbons (Fsp3) is 0.500. The van der Waals surface area contributed by atoms with Gasteiger partial charge in [-0.15, -0.1) is 24.8 Å². The first-order valence-electron chi connectivity index (χ1n) is 7.60. The topological polar surface area (TPSA) is 72.9 Å². The summed E-state index contributed by atoms with van der Waals surface area (Å²) in [7, 11) is 0. The van der Waals surface area contributed by atoms with Crippen LogP contribution < -0.4 is 11.1 Å². The number of halogens is 2. The lowest BCUT2D eigenvalue weighted by Crippen LogP contribution is -2.32. The predicted molar refractivity (Wildman–Crippen MR) is 97.3 cm³/mol. The minimum absolute atomic E-state index is 0. The summed E-state index contributed by atoms with van der Waals surface area (Å²) < 4.78 is 2.15. The molecule has 0 spiro atoms. The summed E-state index contributed by atoms with van der Waals surface area (Å²) in [5.41, 5.74) is 7.98. The number of aryl methyl sites for hydroxylation is 1. The Kier molecular flexibility index (Phi) is 7.32. The van der Waals surface area contributed by atoms with Gasteiger partial charge < -0.3 is 15.6 Å². The number of para-hydroxylation sites is 2. The largest absolute Gasteiger partial charge is 0.354 e. The minimum Gasteiger partial charge on any atom is -0.354 e. The molecule has 128 valence electrons. The first kappa shape index (κ1) is 19.7. The maximum Gasteiger partial charge on any atom is 0.223 e. The molecule has 2 unspecified atom stereocenters. The van der Waals surface area contributed by atoms with Crippen molar-refractivity contribution in [2.45, 2.75) is 38.8 Å². The average molecular weight is 359 g/mol. The molecule has 2 atom stereocenters. The number of hydrogen-bond acceptors (Lipinski definition) is 3. The molecule has 0 bridgehead atoms. The molecule has 3 N–H and O–H groups in total. The van der Waals surface area contributed by atoms with E-state index in [4.69, 9.17) is 5.73 Å². The SMILES string of the molecule is Cc1nc2ccccc2n1CCNC(=O)C1CCC(N)C1.Cl.Cl. The van der Waals surface area contributed by atoms with Gasteiger partial charge in [-0.1, -0.05) is 12.1 Å². The van der Waals surface area contributed by atoms with Gasteiger partial charge >= 0.3 is 0 Å². The van der Waals surface area contributed by atoms with Gasteiger partial charge in [0.05, 0.1) is 11.0 Å². The van der Waals surface area contributed by atoms with E-state index < -0.39 is 0 Å². The fourth-order valence-electron chi connectivity index (χ4n) is 3.17. The number of aromatic nitrogens is 2. The van der Waals surface area contributed by atoms with Gasteiger partial charge in [-0.05, 0) is 38.3 Å². The van der Waals surface area contributed by atoms with Crippen LogP contribution in [0.5, 0.6) is 0 Å². The second-order valence-corrected chi connectivity index (χ2v) is 5.86. The zero-order valence-corrected chi connectivity index (χ0v) is 14.8. The third kappa shape index (κ3) is 4.37. The van der Waals surface area contributed by atoms with Crippen molar-refractivity contribution in [1.82, 2.24) is 14.9 Å². The van der Waals surface area contributed by atoms with Crippen molar-refractivity contribution < 1.29 is 4.79 Å². The third-order valence-corrected chi connectivity index (χ3v) is 4.32. The van der Waals surface area contributed by atoms with E-state index >= 15 is 0 Å². The average Bonchev–Trinajstić information content (AvgIpc) is 3.03. The maximum atomic E-state index is 12.1. The van der Waals surface area contributed by atoms with E-state index in [-0.39, 0.29) is 42.7 Å². The van der Waals surface area contributed by atoms with Crippen LogP contribution in [0.15, 0.2) is 24.3 Å². The van der Waals surface area contributed by atoms with Crippen molar-refractivity contribution in [3.05, 3.63) is 30.1 Å². The number of nitrogens with zero attached hydrogens (tertiary/aromatic N) is 2. The van der Waals surface area contributed by atoms with Crippen LogP contribution in [0.2, 0.25) is 0 Å². The van der Waals surface area contributed by atoms with Gasteiger partial charge in [-0.25, -0.2) is 4.98 Å². The first-order chi connectivity index (χ1) is 10.1. The molecule has 2 aromatic rings. The lowest BCUT2D eigenvalue weighted by Gasteiger charge is -2.12. The number of benzene rings is 1. The molecular weight excluding hydrogens is 335 g/mol. The van der Waals surface area contributed by atoms with E-state index in [0.29, 0.717) is 6.54 Å². The molecule has 1 fully saturated rings. The van der Waals surface area contributed by atoms with Crippen molar-refractivity contribution in [3.8, 4) is 0 Å². The number of carbonyl (C=O) groups excluding carboxylic acids is 1. The lowest BCUT2D eigenvalue weighted by atomic mass is 10.1. The Morgan fingerprint density at radius 3 is 2.78 bits per heavy atom. The molecule has 3 rings (SSSR count). The maximum absolute atomic E-state index is 12.1. The van der Waals surface area contributed by atoms with E-state index in [9.17, 15) is 4.79 Å². The molecule has 0 radical (unpaired) electrons. The van der Waals surface area contributed by atoms with Gasteiger partial charge in [0.15, 0.2) is 0 Å². The van der Waals surface area contributed by atoms with Crippen molar-refractivity contribution in [1.29, 1.82) is 0 Å². The Labute approximate surface area is 148 Å². The molecule has 0 aliphatic heterocycles. The highest BCUT2D eigenvalue weighted by atomic mass is 35.5. The van der Waals surface area contributed by atoms with Crippen molar-refractivity contribution in [2.24, 2.45) is 11.7 Å². The van der Waals surface area contributed by atoms with Crippen LogP contribution in [-0.2, 0) is 11.3 Å². The van der Waals surface area contributed by atoms with E-state index in [1.807, 2.05) is 25.1 Å². The lowest BCUT2D eigenvalue weighted by molar-refractivity contribution is -0.124. The van der Waals surface area contributed by atoms with Crippen molar-refractivity contribution in [2.75, 3.05) is 6.54 Å². The van der Waals surface area contributed by atoms with Crippen LogP contribution in [0.1, 0.15) is 25.1 Å². The summed E-state index contributed by atoms with van der Waals surface area (Å²) in [5.74, 6) is 1.22. The molecule has 0 saturated heterocycles. The monoisotopic (exact) mass is 358 g/mol. The molecule has 1 aromatic carbocycles. The molecule has 1 aliphatic carbocycles. The molecule has 1 amide bonds. The van der Waals surface area contributed by atoms with Gasteiger partial charge in [0.25, 0.3) is 0 Å². The van der Waals surface area contributed by atoms with Gasteiger partial charge in [0.2, 0.25) is 5.91 Å². The highest BCUT2D eigenvalue weighted by molar-refractivity contribution is 5.85. The van der Waals surface area contributed by atoms with Gasteiger partial charge in [0, 0.05) is 25.0 Å². The number of carbonyl (C=O) groups is 1. The van der Waals surface area contributed by atoms with Gasteiger partial charge in [-0.3, -0.25) is 4.79 Å². The molecule has 1 aliphatic rings. The summed E-state index contributed by atoms with van der Waals surface area (Å²) in [6, 6.07) is 8.27. The number of hydrogen-bond donors (Lipinski definition) is 2. The zero-order valence-electron chi connectivity index (χ0n) is 13.2. The van der Waals surface area contributed by atoms with Gasteiger partial charge in [-0.2, -0.15) is 0 Å². The fourth-order valence-corrected chi connectivity index (χ4v) is 3.17. The van der Waals surface area contributed by atoms with E-state index in [1.165, 1.54) is 0 Å². The number of nitrogens with two attached hydrogens (primary N) is 1. The van der Waals surface area contributed by atoms with Gasteiger partial charge in [0.1, 0.15) is 5.82 Å². The Morgan fingerprint density at radius 1 is 1.35 bits per heavy atom. The molecule has 7 heteroatoms. The van der Waals surface area contributed by atoms with Crippen LogP contribution in [0.25, 0.3) is 11.0 Å². The summed E-state index contributed by atoms with van der Waals surface area (Å²) >= 11 is 0. The number of rotatable bonds is 4. The normalized spacial score (nSPS) is 19.9. The van der Waals surface area contributed by atoms with Crippen molar-refractivity contribution in [3.63, 3.8) is 0 Å². The minimum atomic E-state index is 0. The quantitative estimate of drug-likeness (QED) is 0.881. The molecule has 5 nitrogen and oxygen atoms in total.